The molecule has 0 saturated carbocycles. The van der Waals surface area contributed by atoms with Crippen molar-refractivity contribution < 1.29 is 9.21 Å². The van der Waals surface area contributed by atoms with E-state index < -0.39 is 0 Å². The lowest BCUT2D eigenvalue weighted by atomic mass is 10.1. The van der Waals surface area contributed by atoms with Gasteiger partial charge in [0.25, 0.3) is 0 Å². The van der Waals surface area contributed by atoms with Crippen LogP contribution in [-0.4, -0.2) is 32.5 Å². The maximum absolute atomic E-state index is 13.2. The molecule has 0 bridgehead atoms. The summed E-state index contributed by atoms with van der Waals surface area (Å²) >= 11 is 1.41. The van der Waals surface area contributed by atoms with Gasteiger partial charge in [-0.1, -0.05) is 48.2 Å². The molecule has 0 unspecified atom stereocenters. The van der Waals surface area contributed by atoms with Gasteiger partial charge in [0.15, 0.2) is 11.0 Å². The molecule has 4 aromatic rings. The molecule has 0 N–H and O–H groups in total. The predicted molar refractivity (Wildman–Crippen MR) is 122 cm³/mol. The average Bonchev–Trinajstić information content (AvgIpc) is 3.48. The number of nitrogens with zero attached hydrogens (tertiary/aromatic N) is 4. The molecule has 1 atom stereocenters. The van der Waals surface area contributed by atoms with E-state index in [9.17, 15) is 4.79 Å². The van der Waals surface area contributed by atoms with Crippen LogP contribution >= 0.6 is 11.8 Å². The minimum absolute atomic E-state index is 0.0751. The second-order valence-electron chi connectivity index (χ2n) is 7.60. The van der Waals surface area contributed by atoms with Gasteiger partial charge in [-0.05, 0) is 50.1 Å². The molecular formula is C24H22N4O2S. The van der Waals surface area contributed by atoms with Gasteiger partial charge in [-0.15, -0.1) is 10.2 Å². The number of fused-ring (bicyclic) bond motifs is 1. The summed E-state index contributed by atoms with van der Waals surface area (Å²) in [7, 11) is 0. The van der Waals surface area contributed by atoms with Gasteiger partial charge in [0.1, 0.15) is 5.76 Å². The quantitative estimate of drug-likeness (QED) is 0.421. The number of carbonyl (C=O) groups excluding carboxylic acids is 1. The SMILES string of the molecule is Cc1occc1-c1nnc(SCC(=O)N2c3ccccc3C[C@H]2C)n1-c1ccccc1. The molecule has 6 nitrogen and oxygen atoms in total. The molecule has 31 heavy (non-hydrogen) atoms. The molecule has 2 aromatic heterocycles. The van der Waals surface area contributed by atoms with Crippen LogP contribution in [0.5, 0.6) is 0 Å². The van der Waals surface area contributed by atoms with E-state index in [1.165, 1.54) is 17.3 Å². The van der Waals surface area contributed by atoms with Crippen molar-refractivity contribution in [1.82, 2.24) is 14.8 Å². The van der Waals surface area contributed by atoms with Crippen molar-refractivity contribution in [2.24, 2.45) is 0 Å². The molecule has 5 rings (SSSR count). The van der Waals surface area contributed by atoms with Crippen molar-refractivity contribution in [3.8, 4) is 17.1 Å². The lowest BCUT2D eigenvalue weighted by Gasteiger charge is -2.22. The molecule has 2 aromatic carbocycles. The number of aromatic nitrogens is 3. The van der Waals surface area contributed by atoms with Gasteiger partial charge in [0.2, 0.25) is 5.91 Å². The minimum atomic E-state index is 0.0751. The Hall–Kier alpha value is -3.32. The van der Waals surface area contributed by atoms with Crippen LogP contribution in [-0.2, 0) is 11.2 Å². The van der Waals surface area contributed by atoms with Gasteiger partial charge in [-0.2, -0.15) is 0 Å². The summed E-state index contributed by atoms with van der Waals surface area (Å²) in [5, 5.41) is 9.52. The van der Waals surface area contributed by atoms with E-state index in [2.05, 4.69) is 23.2 Å². The summed E-state index contributed by atoms with van der Waals surface area (Å²) < 4.78 is 7.46. The first-order valence-electron chi connectivity index (χ1n) is 10.2. The number of anilines is 1. The molecule has 0 spiro atoms. The number of para-hydroxylation sites is 2. The number of benzene rings is 2. The number of hydrogen-bond donors (Lipinski definition) is 0. The topological polar surface area (TPSA) is 64.2 Å². The van der Waals surface area contributed by atoms with Gasteiger partial charge in [-0.25, -0.2) is 0 Å². The molecule has 0 saturated heterocycles. The fourth-order valence-electron chi connectivity index (χ4n) is 4.11. The number of aryl methyl sites for hydroxylation is 1. The van der Waals surface area contributed by atoms with Gasteiger partial charge in [-0.3, -0.25) is 9.36 Å². The van der Waals surface area contributed by atoms with Crippen molar-refractivity contribution in [3.63, 3.8) is 0 Å². The Bertz CT molecular complexity index is 1230. The van der Waals surface area contributed by atoms with Crippen LogP contribution in [0.1, 0.15) is 18.2 Å². The van der Waals surface area contributed by atoms with E-state index >= 15 is 0 Å². The average molecular weight is 431 g/mol. The normalized spacial score (nSPS) is 15.3. The van der Waals surface area contributed by atoms with E-state index in [0.29, 0.717) is 11.0 Å². The lowest BCUT2D eigenvalue weighted by molar-refractivity contribution is -0.116. The Morgan fingerprint density at radius 2 is 1.87 bits per heavy atom. The van der Waals surface area contributed by atoms with Crippen LogP contribution in [0.2, 0.25) is 0 Å². The standard InChI is InChI=1S/C24H22N4O2S/c1-16-14-18-8-6-7-11-21(18)27(16)22(29)15-31-24-26-25-23(20-12-13-30-17(20)2)28(24)19-9-4-3-5-10-19/h3-13,16H,14-15H2,1-2H3/t16-/m1/s1. The highest BCUT2D eigenvalue weighted by Gasteiger charge is 2.31. The van der Waals surface area contributed by atoms with Gasteiger partial charge < -0.3 is 9.32 Å². The molecule has 1 amide bonds. The summed E-state index contributed by atoms with van der Waals surface area (Å²) in [5.74, 6) is 1.84. The number of carbonyl (C=O) groups is 1. The Morgan fingerprint density at radius 1 is 1.10 bits per heavy atom. The fraction of sp³-hybridized carbons (Fsp3) is 0.208. The lowest BCUT2D eigenvalue weighted by Crippen LogP contribution is -2.37. The Morgan fingerprint density at radius 3 is 2.65 bits per heavy atom. The summed E-state index contributed by atoms with van der Waals surface area (Å²) in [6, 6.07) is 20.1. The van der Waals surface area contributed by atoms with E-state index in [1.54, 1.807) is 6.26 Å². The van der Waals surface area contributed by atoms with Gasteiger partial charge in [0.05, 0.1) is 17.6 Å². The molecule has 1 aliphatic heterocycles. The number of thioether (sulfide) groups is 1. The fourth-order valence-corrected chi connectivity index (χ4v) is 4.92. The van der Waals surface area contributed by atoms with Gasteiger partial charge >= 0.3 is 0 Å². The Labute approximate surface area is 184 Å². The van der Waals surface area contributed by atoms with Crippen molar-refractivity contribution >= 4 is 23.4 Å². The Balaban J connectivity index is 1.44. The van der Waals surface area contributed by atoms with Crippen molar-refractivity contribution in [3.05, 3.63) is 78.3 Å². The van der Waals surface area contributed by atoms with E-state index in [1.807, 2.05) is 71.0 Å². The van der Waals surface area contributed by atoms with Crippen LogP contribution in [0.25, 0.3) is 17.1 Å². The largest absolute Gasteiger partial charge is 0.469 e. The highest BCUT2D eigenvalue weighted by molar-refractivity contribution is 7.99. The number of rotatable bonds is 5. The van der Waals surface area contributed by atoms with E-state index in [0.717, 1.165) is 29.1 Å². The van der Waals surface area contributed by atoms with Crippen molar-refractivity contribution in [1.29, 1.82) is 0 Å². The zero-order valence-corrected chi connectivity index (χ0v) is 18.2. The Kier molecular flexibility index (Phi) is 5.11. The van der Waals surface area contributed by atoms with E-state index in [4.69, 9.17) is 4.42 Å². The summed E-state index contributed by atoms with van der Waals surface area (Å²) in [4.78, 5) is 15.1. The van der Waals surface area contributed by atoms with Gasteiger partial charge in [0, 0.05) is 17.4 Å². The van der Waals surface area contributed by atoms with Crippen LogP contribution in [0.4, 0.5) is 5.69 Å². The maximum Gasteiger partial charge on any atom is 0.237 e. The first-order chi connectivity index (χ1) is 15.1. The van der Waals surface area contributed by atoms with E-state index in [-0.39, 0.29) is 17.7 Å². The third-order valence-electron chi connectivity index (χ3n) is 5.55. The molecular weight excluding hydrogens is 408 g/mol. The minimum Gasteiger partial charge on any atom is -0.469 e. The molecule has 7 heteroatoms. The second kappa shape index (κ2) is 8.07. The third kappa shape index (κ3) is 3.55. The molecule has 0 aliphatic carbocycles. The zero-order chi connectivity index (χ0) is 21.4. The molecule has 3 heterocycles. The number of hydrogen-bond acceptors (Lipinski definition) is 5. The predicted octanol–water partition coefficient (Wildman–Crippen LogP) is 4.91. The summed E-state index contributed by atoms with van der Waals surface area (Å²) in [6.07, 6.45) is 2.54. The second-order valence-corrected chi connectivity index (χ2v) is 8.54. The highest BCUT2D eigenvalue weighted by Crippen LogP contribution is 2.34. The first kappa shape index (κ1) is 19.6. The molecule has 156 valence electrons. The number of furan rings is 1. The smallest absolute Gasteiger partial charge is 0.237 e. The summed E-state index contributed by atoms with van der Waals surface area (Å²) in [5.41, 5.74) is 4.06. The van der Waals surface area contributed by atoms with Crippen molar-refractivity contribution in [2.45, 2.75) is 31.5 Å². The van der Waals surface area contributed by atoms with Crippen LogP contribution in [0.15, 0.2) is 76.5 Å². The maximum atomic E-state index is 13.2. The first-order valence-corrected chi connectivity index (χ1v) is 11.2. The highest BCUT2D eigenvalue weighted by atomic mass is 32.2. The van der Waals surface area contributed by atoms with Crippen LogP contribution < -0.4 is 4.90 Å². The third-order valence-corrected chi connectivity index (χ3v) is 6.46. The number of amides is 1. The monoisotopic (exact) mass is 430 g/mol. The van der Waals surface area contributed by atoms with Crippen LogP contribution in [0, 0.1) is 6.92 Å². The van der Waals surface area contributed by atoms with Crippen molar-refractivity contribution in [2.75, 3.05) is 10.7 Å². The van der Waals surface area contributed by atoms with Crippen LogP contribution in [0.3, 0.4) is 0 Å². The molecule has 0 radical (unpaired) electrons. The molecule has 1 aliphatic rings. The summed E-state index contributed by atoms with van der Waals surface area (Å²) in [6.45, 7) is 4.00. The zero-order valence-electron chi connectivity index (χ0n) is 17.4. The molecule has 0 fully saturated rings.